The number of nitrogens with zero attached hydrogens (tertiary/aromatic N) is 1. The third-order valence-electron chi connectivity index (χ3n) is 6.43. The molecule has 1 heterocycles. The van der Waals surface area contributed by atoms with Gasteiger partial charge in [-0.25, -0.2) is 4.79 Å². The first kappa shape index (κ1) is 24.7. The number of hydrogen-bond donors (Lipinski definition) is 1. The first-order valence-corrected chi connectivity index (χ1v) is 12.7. The van der Waals surface area contributed by atoms with E-state index in [2.05, 4.69) is 5.32 Å². The number of esters is 1. The normalized spacial score (nSPS) is 14.3. The molecule has 1 saturated carbocycles. The number of anilines is 1. The zero-order valence-corrected chi connectivity index (χ0v) is 20.8. The summed E-state index contributed by atoms with van der Waals surface area (Å²) in [5.74, 6) is -0.835. The molecular weight excluding hydrogens is 460 g/mol. The number of benzene rings is 2. The standard InChI is InChI=1S/C28H30N2O4S/c1-19-8-3-6-12-24(19)26(27(32)29-21-9-4-5-10-21)30(25(31)18-23-11-7-17-35-23)22-15-13-20(14-16-22)28(33)34-2/h3,6-8,11-17,21,26H,4-5,9-10,18H2,1-2H3,(H,29,32). The van der Waals surface area contributed by atoms with Crippen molar-refractivity contribution >= 4 is 34.8 Å². The number of nitrogens with one attached hydrogen (secondary N) is 1. The molecule has 182 valence electrons. The maximum atomic E-state index is 13.8. The smallest absolute Gasteiger partial charge is 0.337 e. The average Bonchev–Trinajstić information content (AvgIpc) is 3.57. The first-order valence-electron chi connectivity index (χ1n) is 11.9. The summed E-state index contributed by atoms with van der Waals surface area (Å²) in [7, 11) is 1.33. The molecule has 4 rings (SSSR count). The molecule has 1 fully saturated rings. The van der Waals surface area contributed by atoms with Crippen LogP contribution < -0.4 is 10.2 Å². The molecule has 2 amide bonds. The highest BCUT2D eigenvalue weighted by atomic mass is 32.1. The fraction of sp³-hybridized carbons (Fsp3) is 0.321. The summed E-state index contributed by atoms with van der Waals surface area (Å²) >= 11 is 1.51. The molecule has 1 aromatic heterocycles. The van der Waals surface area contributed by atoms with Crippen LogP contribution in [0.15, 0.2) is 66.0 Å². The van der Waals surface area contributed by atoms with Gasteiger partial charge in [0, 0.05) is 16.6 Å². The topological polar surface area (TPSA) is 75.7 Å². The minimum Gasteiger partial charge on any atom is -0.465 e. The maximum absolute atomic E-state index is 13.8. The van der Waals surface area contributed by atoms with Crippen molar-refractivity contribution in [2.75, 3.05) is 12.0 Å². The summed E-state index contributed by atoms with van der Waals surface area (Å²) < 4.78 is 4.82. The largest absolute Gasteiger partial charge is 0.465 e. The molecule has 1 aliphatic carbocycles. The predicted octanol–water partition coefficient (Wildman–Crippen LogP) is 5.22. The molecule has 0 radical (unpaired) electrons. The molecule has 7 heteroatoms. The Balaban J connectivity index is 1.78. The van der Waals surface area contributed by atoms with Gasteiger partial charge in [-0.15, -0.1) is 11.3 Å². The molecular formula is C28H30N2O4S. The Morgan fingerprint density at radius 3 is 2.37 bits per heavy atom. The van der Waals surface area contributed by atoms with Gasteiger partial charge in [-0.2, -0.15) is 0 Å². The van der Waals surface area contributed by atoms with E-state index in [9.17, 15) is 14.4 Å². The summed E-state index contributed by atoms with van der Waals surface area (Å²) in [6.45, 7) is 1.95. The lowest BCUT2D eigenvalue weighted by atomic mass is 9.97. The SMILES string of the molecule is COC(=O)c1ccc(N(C(=O)Cc2cccs2)C(C(=O)NC2CCCC2)c2ccccc2C)cc1. The van der Waals surface area contributed by atoms with E-state index in [0.29, 0.717) is 11.3 Å². The molecule has 0 saturated heterocycles. The van der Waals surface area contributed by atoms with Crippen molar-refractivity contribution in [3.05, 3.63) is 87.6 Å². The van der Waals surface area contributed by atoms with E-state index in [4.69, 9.17) is 4.74 Å². The van der Waals surface area contributed by atoms with E-state index >= 15 is 0 Å². The summed E-state index contributed by atoms with van der Waals surface area (Å²) in [5.41, 5.74) is 2.64. The maximum Gasteiger partial charge on any atom is 0.337 e. The van der Waals surface area contributed by atoms with Crippen molar-refractivity contribution in [3.63, 3.8) is 0 Å². The number of thiophene rings is 1. The number of methoxy groups -OCH3 is 1. The molecule has 6 nitrogen and oxygen atoms in total. The summed E-state index contributed by atoms with van der Waals surface area (Å²) in [4.78, 5) is 42.1. The van der Waals surface area contributed by atoms with Gasteiger partial charge in [0.05, 0.1) is 19.1 Å². The van der Waals surface area contributed by atoms with E-state index in [1.54, 1.807) is 29.2 Å². The van der Waals surface area contributed by atoms with Crippen LogP contribution in [0.5, 0.6) is 0 Å². The van der Waals surface area contributed by atoms with Gasteiger partial charge in [-0.1, -0.05) is 43.2 Å². The second-order valence-corrected chi connectivity index (χ2v) is 9.84. The van der Waals surface area contributed by atoms with Gasteiger partial charge in [-0.05, 0) is 66.6 Å². The Hall–Kier alpha value is -3.45. The lowest BCUT2D eigenvalue weighted by molar-refractivity contribution is -0.127. The van der Waals surface area contributed by atoms with E-state index in [-0.39, 0.29) is 24.3 Å². The van der Waals surface area contributed by atoms with E-state index < -0.39 is 12.0 Å². The third kappa shape index (κ3) is 5.80. The molecule has 1 unspecified atom stereocenters. The minimum atomic E-state index is -0.840. The van der Waals surface area contributed by atoms with Crippen LogP contribution in [0.4, 0.5) is 5.69 Å². The van der Waals surface area contributed by atoms with Crippen LogP contribution in [-0.2, 0) is 20.7 Å². The lowest BCUT2D eigenvalue weighted by Crippen LogP contribution is -2.47. The quantitative estimate of drug-likeness (QED) is 0.440. The summed E-state index contributed by atoms with van der Waals surface area (Å²) in [6, 6.07) is 17.4. The van der Waals surface area contributed by atoms with E-state index in [0.717, 1.165) is 41.7 Å². The highest BCUT2D eigenvalue weighted by molar-refractivity contribution is 7.10. The number of carbonyl (C=O) groups excluding carboxylic acids is 3. The molecule has 35 heavy (non-hydrogen) atoms. The van der Waals surface area contributed by atoms with Crippen molar-refractivity contribution in [2.24, 2.45) is 0 Å². The Labute approximate surface area is 209 Å². The van der Waals surface area contributed by atoms with Crippen molar-refractivity contribution in [1.82, 2.24) is 5.32 Å². The van der Waals surface area contributed by atoms with E-state index in [1.165, 1.54) is 18.4 Å². The van der Waals surface area contributed by atoms with Crippen molar-refractivity contribution in [1.29, 1.82) is 0 Å². The van der Waals surface area contributed by atoms with Crippen molar-refractivity contribution in [2.45, 2.75) is 51.1 Å². The monoisotopic (exact) mass is 490 g/mol. The minimum absolute atomic E-state index is 0.116. The number of amides is 2. The lowest BCUT2D eigenvalue weighted by Gasteiger charge is -2.33. The van der Waals surface area contributed by atoms with Gasteiger partial charge in [0.25, 0.3) is 0 Å². The van der Waals surface area contributed by atoms with Gasteiger partial charge in [0.15, 0.2) is 0 Å². The Morgan fingerprint density at radius 2 is 1.74 bits per heavy atom. The average molecular weight is 491 g/mol. The van der Waals surface area contributed by atoms with Gasteiger partial charge < -0.3 is 10.1 Å². The molecule has 1 atom stereocenters. The Bertz CT molecular complexity index is 1170. The summed E-state index contributed by atoms with van der Waals surface area (Å²) in [6.07, 6.45) is 4.26. The van der Waals surface area contributed by atoms with Crippen LogP contribution in [0.1, 0.15) is 58.1 Å². The fourth-order valence-corrected chi connectivity index (χ4v) is 5.30. The van der Waals surface area contributed by atoms with Crippen LogP contribution in [0, 0.1) is 6.92 Å². The highest BCUT2D eigenvalue weighted by Gasteiger charge is 2.35. The highest BCUT2D eigenvalue weighted by Crippen LogP contribution is 2.32. The molecule has 0 spiro atoms. The molecule has 1 N–H and O–H groups in total. The Kier molecular flexibility index (Phi) is 7.98. The number of carbonyl (C=O) groups is 3. The fourth-order valence-electron chi connectivity index (χ4n) is 4.60. The number of hydrogen-bond acceptors (Lipinski definition) is 5. The number of rotatable bonds is 8. The van der Waals surface area contributed by atoms with Crippen molar-refractivity contribution < 1.29 is 19.1 Å². The number of aryl methyl sites for hydroxylation is 1. The third-order valence-corrected chi connectivity index (χ3v) is 7.31. The van der Waals surface area contributed by atoms with E-state index in [1.807, 2.05) is 48.7 Å². The van der Waals surface area contributed by atoms with Crippen LogP contribution in [0.2, 0.25) is 0 Å². The zero-order valence-electron chi connectivity index (χ0n) is 20.0. The summed E-state index contributed by atoms with van der Waals surface area (Å²) in [5, 5.41) is 5.14. The molecule has 0 bridgehead atoms. The van der Waals surface area contributed by atoms with Crippen molar-refractivity contribution in [3.8, 4) is 0 Å². The Morgan fingerprint density at radius 1 is 1.03 bits per heavy atom. The molecule has 3 aromatic rings. The van der Waals surface area contributed by atoms with Crippen LogP contribution >= 0.6 is 11.3 Å². The van der Waals surface area contributed by atoms with Crippen LogP contribution in [0.25, 0.3) is 0 Å². The van der Waals surface area contributed by atoms with Gasteiger partial charge in [-0.3, -0.25) is 14.5 Å². The second-order valence-electron chi connectivity index (χ2n) is 8.81. The first-order chi connectivity index (χ1) is 17.0. The molecule has 2 aromatic carbocycles. The second kappa shape index (κ2) is 11.3. The van der Waals surface area contributed by atoms with Crippen LogP contribution in [-0.4, -0.2) is 30.9 Å². The van der Waals surface area contributed by atoms with Gasteiger partial charge >= 0.3 is 5.97 Å². The number of ether oxygens (including phenoxy) is 1. The van der Waals surface area contributed by atoms with Gasteiger partial charge in [0.1, 0.15) is 6.04 Å². The van der Waals surface area contributed by atoms with Gasteiger partial charge in [0.2, 0.25) is 11.8 Å². The molecule has 1 aliphatic rings. The van der Waals surface area contributed by atoms with Crippen LogP contribution in [0.3, 0.4) is 0 Å². The molecule has 0 aliphatic heterocycles. The predicted molar refractivity (Wildman–Crippen MR) is 138 cm³/mol. The zero-order chi connectivity index (χ0) is 24.8.